The molecule has 4 aromatic rings. The molecule has 4 rings (SSSR count). The molecule has 4 aromatic carbocycles. The lowest BCUT2D eigenvalue weighted by Gasteiger charge is -2.17. The number of amides is 1. The van der Waals surface area contributed by atoms with Crippen LogP contribution < -0.4 is 14.8 Å². The van der Waals surface area contributed by atoms with Crippen molar-refractivity contribution in [1.29, 1.82) is 0 Å². The summed E-state index contributed by atoms with van der Waals surface area (Å²) in [5.74, 6) is -1.67. The SMILES string of the molecule is Cc1cc(-c2cc(OCc3cccc(OCCCC(=O)O)c3CCC(=O)O)cc(C(=O)NCc3ccccc3)c2)ccc1F. The summed E-state index contributed by atoms with van der Waals surface area (Å²) in [6.07, 6.45) is 0.316. The van der Waals surface area contributed by atoms with Crippen molar-refractivity contribution in [2.45, 2.75) is 45.8 Å². The van der Waals surface area contributed by atoms with Crippen LogP contribution in [0, 0.1) is 12.7 Å². The first-order valence-electron chi connectivity index (χ1n) is 14.2. The van der Waals surface area contributed by atoms with Crippen molar-refractivity contribution in [2.24, 2.45) is 0 Å². The van der Waals surface area contributed by atoms with Crippen molar-refractivity contribution in [3.63, 3.8) is 0 Å². The van der Waals surface area contributed by atoms with Gasteiger partial charge in [0.15, 0.2) is 0 Å². The summed E-state index contributed by atoms with van der Waals surface area (Å²) in [6, 6.07) is 24.6. The standard InChI is InChI=1S/C35H34FNO7/c1-23-17-25(12-14-31(23)36)27-18-28(35(42)37-21-24-7-3-2-4-8-24)20-29(19-27)44-22-26-9-5-10-32(30(26)13-15-34(40)41)43-16-6-11-33(38)39/h2-5,7-10,12,14,17-20H,6,11,13,15-16,21-22H2,1H3,(H,37,42)(H,38,39)(H,40,41). The minimum atomic E-state index is -0.967. The Morgan fingerprint density at radius 3 is 2.32 bits per heavy atom. The lowest BCUT2D eigenvalue weighted by atomic mass is 10.00. The molecule has 9 heteroatoms. The number of hydrogen-bond donors (Lipinski definition) is 3. The maximum atomic E-state index is 14.0. The molecule has 0 atom stereocenters. The van der Waals surface area contributed by atoms with Crippen molar-refractivity contribution >= 4 is 17.8 Å². The molecule has 0 bridgehead atoms. The number of nitrogens with one attached hydrogen (secondary N) is 1. The Morgan fingerprint density at radius 2 is 1.59 bits per heavy atom. The van der Waals surface area contributed by atoms with Crippen LogP contribution in [0.2, 0.25) is 0 Å². The molecule has 0 spiro atoms. The third kappa shape index (κ3) is 9.16. The van der Waals surface area contributed by atoms with Gasteiger partial charge in [-0.2, -0.15) is 0 Å². The third-order valence-corrected chi connectivity index (χ3v) is 6.96. The number of carbonyl (C=O) groups is 3. The molecule has 3 N–H and O–H groups in total. The third-order valence-electron chi connectivity index (χ3n) is 6.96. The Labute approximate surface area is 255 Å². The summed E-state index contributed by atoms with van der Waals surface area (Å²) in [5, 5.41) is 21.2. The van der Waals surface area contributed by atoms with Crippen LogP contribution in [-0.2, 0) is 29.2 Å². The Kier molecular flexibility index (Phi) is 11.1. The van der Waals surface area contributed by atoms with Gasteiger partial charge in [-0.1, -0.05) is 48.5 Å². The van der Waals surface area contributed by atoms with Crippen LogP contribution in [0.3, 0.4) is 0 Å². The highest BCUT2D eigenvalue weighted by Gasteiger charge is 2.15. The molecule has 0 aliphatic rings. The van der Waals surface area contributed by atoms with Gasteiger partial charge in [0.2, 0.25) is 0 Å². The van der Waals surface area contributed by atoms with Crippen molar-refractivity contribution in [2.75, 3.05) is 6.61 Å². The van der Waals surface area contributed by atoms with Gasteiger partial charge in [-0.25, -0.2) is 4.39 Å². The molecule has 0 fully saturated rings. The first-order chi connectivity index (χ1) is 21.2. The first kappa shape index (κ1) is 31.7. The number of aryl methyl sites for hydroxylation is 1. The van der Waals surface area contributed by atoms with E-state index in [-0.39, 0.29) is 44.2 Å². The second kappa shape index (κ2) is 15.3. The van der Waals surface area contributed by atoms with E-state index < -0.39 is 11.9 Å². The van der Waals surface area contributed by atoms with Gasteiger partial charge in [0, 0.05) is 30.5 Å². The van der Waals surface area contributed by atoms with Crippen LogP contribution in [0.1, 0.15) is 51.9 Å². The second-order valence-electron chi connectivity index (χ2n) is 10.3. The van der Waals surface area contributed by atoms with Crippen molar-refractivity contribution in [3.05, 3.63) is 119 Å². The van der Waals surface area contributed by atoms with E-state index in [4.69, 9.17) is 14.6 Å². The van der Waals surface area contributed by atoms with E-state index in [1.165, 1.54) is 6.07 Å². The summed E-state index contributed by atoms with van der Waals surface area (Å²) in [5.41, 5.74) is 4.49. The second-order valence-corrected chi connectivity index (χ2v) is 10.3. The highest BCUT2D eigenvalue weighted by Crippen LogP contribution is 2.30. The summed E-state index contributed by atoms with van der Waals surface area (Å²) in [7, 11) is 0. The molecule has 0 aliphatic heterocycles. The Morgan fingerprint density at radius 1 is 0.818 bits per heavy atom. The molecular weight excluding hydrogens is 565 g/mol. The van der Waals surface area contributed by atoms with Crippen molar-refractivity contribution in [1.82, 2.24) is 5.32 Å². The number of aliphatic carboxylic acids is 2. The Hall–Kier alpha value is -5.18. The predicted octanol–water partition coefficient (Wildman–Crippen LogP) is 6.57. The molecule has 0 aromatic heterocycles. The fraction of sp³-hybridized carbons (Fsp3) is 0.229. The maximum Gasteiger partial charge on any atom is 0.303 e. The molecule has 44 heavy (non-hydrogen) atoms. The van der Waals surface area contributed by atoms with Gasteiger partial charge in [0.25, 0.3) is 5.91 Å². The molecule has 8 nitrogen and oxygen atoms in total. The van der Waals surface area contributed by atoms with E-state index in [0.717, 1.165) is 5.56 Å². The highest BCUT2D eigenvalue weighted by atomic mass is 19.1. The lowest BCUT2D eigenvalue weighted by molar-refractivity contribution is -0.138. The fourth-order valence-corrected chi connectivity index (χ4v) is 4.65. The molecule has 0 saturated carbocycles. The fourth-order valence-electron chi connectivity index (χ4n) is 4.65. The molecule has 0 unspecified atom stereocenters. The number of rotatable bonds is 15. The van der Waals surface area contributed by atoms with Crippen molar-refractivity contribution in [3.8, 4) is 22.6 Å². The van der Waals surface area contributed by atoms with Crippen molar-refractivity contribution < 1.29 is 38.5 Å². The average molecular weight is 600 g/mol. The average Bonchev–Trinajstić information content (AvgIpc) is 3.01. The van der Waals surface area contributed by atoms with Gasteiger partial charge >= 0.3 is 11.9 Å². The predicted molar refractivity (Wildman–Crippen MR) is 163 cm³/mol. The normalized spacial score (nSPS) is 10.7. The van der Waals surface area contributed by atoms with Gasteiger partial charge < -0.3 is 25.0 Å². The van der Waals surface area contributed by atoms with E-state index in [0.29, 0.717) is 57.8 Å². The summed E-state index contributed by atoms with van der Waals surface area (Å²) in [4.78, 5) is 35.5. The first-order valence-corrected chi connectivity index (χ1v) is 14.2. The van der Waals surface area contributed by atoms with E-state index >= 15 is 0 Å². The van der Waals surface area contributed by atoms with Gasteiger partial charge in [-0.15, -0.1) is 0 Å². The molecular formula is C35H34FNO7. The number of hydrogen-bond acceptors (Lipinski definition) is 5. The lowest BCUT2D eigenvalue weighted by Crippen LogP contribution is -2.22. The van der Waals surface area contributed by atoms with Gasteiger partial charge in [0.05, 0.1) is 6.61 Å². The molecule has 0 radical (unpaired) electrons. The monoisotopic (exact) mass is 599 g/mol. The molecule has 0 heterocycles. The van der Waals surface area contributed by atoms with Gasteiger partial charge in [-0.3, -0.25) is 14.4 Å². The van der Waals surface area contributed by atoms with Crippen LogP contribution in [0.4, 0.5) is 4.39 Å². The minimum Gasteiger partial charge on any atom is -0.493 e. The zero-order valence-corrected chi connectivity index (χ0v) is 24.3. The van der Waals surface area contributed by atoms with Crippen LogP contribution in [0.15, 0.2) is 84.9 Å². The largest absolute Gasteiger partial charge is 0.493 e. The van der Waals surface area contributed by atoms with Crippen LogP contribution in [0.5, 0.6) is 11.5 Å². The van der Waals surface area contributed by atoms with Gasteiger partial charge in [0.1, 0.15) is 23.9 Å². The Balaban J connectivity index is 1.60. The van der Waals surface area contributed by atoms with E-state index in [1.54, 1.807) is 49.4 Å². The summed E-state index contributed by atoms with van der Waals surface area (Å²) < 4.78 is 26.0. The van der Waals surface area contributed by atoms with E-state index in [9.17, 15) is 23.9 Å². The minimum absolute atomic E-state index is 0.0432. The maximum absolute atomic E-state index is 14.0. The number of carboxylic acid groups (broad SMARTS) is 2. The Bertz CT molecular complexity index is 1620. The van der Waals surface area contributed by atoms with E-state index in [2.05, 4.69) is 5.32 Å². The number of carbonyl (C=O) groups excluding carboxylic acids is 1. The summed E-state index contributed by atoms with van der Waals surface area (Å²) >= 11 is 0. The van der Waals surface area contributed by atoms with Crippen LogP contribution >= 0.6 is 0 Å². The zero-order valence-electron chi connectivity index (χ0n) is 24.3. The number of halogens is 1. The van der Waals surface area contributed by atoms with Crippen LogP contribution in [0.25, 0.3) is 11.1 Å². The van der Waals surface area contributed by atoms with E-state index in [1.807, 2.05) is 36.4 Å². The number of carboxylic acids is 2. The zero-order chi connectivity index (χ0) is 31.5. The number of ether oxygens (including phenoxy) is 2. The summed E-state index contributed by atoms with van der Waals surface area (Å²) in [6.45, 7) is 2.22. The smallest absolute Gasteiger partial charge is 0.303 e. The van der Waals surface area contributed by atoms with Gasteiger partial charge in [-0.05, 0) is 84.0 Å². The molecule has 0 aliphatic carbocycles. The molecule has 228 valence electrons. The molecule has 0 saturated heterocycles. The topological polar surface area (TPSA) is 122 Å². The number of benzene rings is 4. The quantitative estimate of drug-likeness (QED) is 0.132. The van der Waals surface area contributed by atoms with Crippen LogP contribution in [-0.4, -0.2) is 34.7 Å². The highest BCUT2D eigenvalue weighted by molar-refractivity contribution is 5.96. The molecule has 1 amide bonds.